The molecule has 2 unspecified atom stereocenters. The van der Waals surface area contributed by atoms with Crippen molar-refractivity contribution in [3.63, 3.8) is 0 Å². The van der Waals surface area contributed by atoms with Gasteiger partial charge in [-0.2, -0.15) is 18.2 Å². The molecule has 18 heteroatoms. The van der Waals surface area contributed by atoms with Gasteiger partial charge in [0.2, 0.25) is 11.9 Å². The number of aryl methyl sites for hydroxylation is 1. The lowest BCUT2D eigenvalue weighted by Gasteiger charge is -2.25. The zero-order valence-corrected chi connectivity index (χ0v) is 26.0. The Hall–Kier alpha value is -4.41. The van der Waals surface area contributed by atoms with Gasteiger partial charge in [0.15, 0.2) is 11.2 Å². The number of nitrogens with zero attached hydrogens (tertiary/aromatic N) is 5. The molecule has 0 radical (unpaired) electrons. The number of carboxylic acid groups (broad SMARTS) is 1. The van der Waals surface area contributed by atoms with E-state index >= 15 is 0 Å². The molecule has 2 atom stereocenters. The van der Waals surface area contributed by atoms with Crippen molar-refractivity contribution < 1.29 is 32.3 Å². The Balaban J connectivity index is 0.000000559. The summed E-state index contributed by atoms with van der Waals surface area (Å²) in [5.41, 5.74) is 0.162. The number of carbonyl (C=O) groups is 2. The maximum atomic E-state index is 13.9. The van der Waals surface area contributed by atoms with E-state index in [1.165, 1.54) is 35.9 Å². The van der Waals surface area contributed by atoms with Gasteiger partial charge in [0.05, 0.1) is 17.3 Å². The third-order valence-corrected chi connectivity index (χ3v) is 8.47. The lowest BCUT2D eigenvalue weighted by molar-refractivity contribution is -0.192. The number of hydrogen-bond acceptors (Lipinski definition) is 7. The van der Waals surface area contributed by atoms with Gasteiger partial charge in [0.25, 0.3) is 5.56 Å². The highest BCUT2D eigenvalue weighted by Gasteiger charge is 2.40. The number of imidazole rings is 1. The number of halogens is 6. The molecule has 47 heavy (non-hydrogen) atoms. The predicted octanol–water partition coefficient (Wildman–Crippen LogP) is 3.46. The van der Waals surface area contributed by atoms with Crippen molar-refractivity contribution in [2.45, 2.75) is 31.7 Å². The largest absolute Gasteiger partial charge is 0.490 e. The molecular weight excluding hydrogens is 673 g/mol. The van der Waals surface area contributed by atoms with Crippen LogP contribution in [-0.2, 0) is 29.7 Å². The van der Waals surface area contributed by atoms with Gasteiger partial charge in [-0.05, 0) is 48.2 Å². The summed E-state index contributed by atoms with van der Waals surface area (Å²) in [5, 5.41) is 13.8. The van der Waals surface area contributed by atoms with Crippen molar-refractivity contribution in [2.24, 2.45) is 13.0 Å². The third kappa shape index (κ3) is 7.13. The number of rotatable bonds is 6. The van der Waals surface area contributed by atoms with E-state index in [1.807, 2.05) is 0 Å². The highest BCUT2D eigenvalue weighted by molar-refractivity contribution is 6.36. The van der Waals surface area contributed by atoms with Crippen LogP contribution in [0.4, 0.5) is 29.2 Å². The van der Waals surface area contributed by atoms with Crippen LogP contribution in [0, 0.1) is 11.7 Å². The van der Waals surface area contributed by atoms with E-state index in [4.69, 9.17) is 38.1 Å². The van der Waals surface area contributed by atoms with Gasteiger partial charge in [-0.1, -0.05) is 35.3 Å². The molecule has 2 aromatic carbocycles. The molecule has 2 aromatic heterocycles. The minimum atomic E-state index is -5.08. The summed E-state index contributed by atoms with van der Waals surface area (Å²) >= 11 is 12.1. The Kier molecular flexibility index (Phi) is 9.65. The lowest BCUT2D eigenvalue weighted by Crippen LogP contribution is -2.42. The zero-order chi connectivity index (χ0) is 34.2. The Morgan fingerprint density at radius 1 is 1.09 bits per heavy atom. The fourth-order valence-electron chi connectivity index (χ4n) is 5.66. The molecule has 250 valence electrons. The quantitative estimate of drug-likeness (QED) is 0.260. The standard InChI is InChI=1S/C27H26Cl2FN7O3.C2HF3O2/c1-34-24-23(25(39)37(27(34)40)14-22(38)32-20-7-4-17(28)10-19(20)29)36(13-15-2-5-18(30)6-3-15)26(33-24)35-9-8-16-11-31-12-21(16)35;3-2(4,5)1(6)7/h2-7,10,16,21,31H,8-9,11-14H2,1H3,(H,32,38);(H,6,7). The number of nitrogens with one attached hydrogen (secondary N) is 2. The van der Waals surface area contributed by atoms with Crippen molar-refractivity contribution in [2.75, 3.05) is 29.9 Å². The van der Waals surface area contributed by atoms with Gasteiger partial charge in [-0.25, -0.2) is 18.5 Å². The normalized spacial score (nSPS) is 17.4. The number of carbonyl (C=O) groups excluding carboxylic acids is 1. The molecule has 3 N–H and O–H groups in total. The SMILES string of the molecule is Cn1c(=O)n(CC(=O)Nc2ccc(Cl)cc2Cl)c(=O)c2c1nc(N1CCC3CNCC31)n2Cc1ccc(F)cc1.O=C(O)C(F)(F)F. The number of fused-ring (bicyclic) bond motifs is 2. The number of hydrogen-bond donors (Lipinski definition) is 3. The number of anilines is 2. The first-order valence-electron chi connectivity index (χ1n) is 14.1. The van der Waals surface area contributed by atoms with E-state index in [0.717, 1.165) is 36.2 Å². The van der Waals surface area contributed by atoms with E-state index < -0.39 is 35.8 Å². The van der Waals surface area contributed by atoms with Crippen LogP contribution in [0.2, 0.25) is 10.0 Å². The smallest absolute Gasteiger partial charge is 0.475 e. The Morgan fingerprint density at radius 2 is 1.77 bits per heavy atom. The predicted molar refractivity (Wildman–Crippen MR) is 166 cm³/mol. The van der Waals surface area contributed by atoms with Gasteiger partial charge in [0.1, 0.15) is 12.4 Å². The first kappa shape index (κ1) is 33.9. The maximum Gasteiger partial charge on any atom is 0.490 e. The fourth-order valence-corrected chi connectivity index (χ4v) is 6.12. The molecule has 2 aliphatic rings. The minimum Gasteiger partial charge on any atom is -0.475 e. The van der Waals surface area contributed by atoms with Crippen molar-refractivity contribution in [3.8, 4) is 0 Å². The summed E-state index contributed by atoms with van der Waals surface area (Å²) < 4.78 is 49.3. The monoisotopic (exact) mass is 699 g/mol. The van der Waals surface area contributed by atoms with Crippen LogP contribution in [0.15, 0.2) is 52.1 Å². The van der Waals surface area contributed by atoms with Gasteiger partial charge in [-0.15, -0.1) is 0 Å². The number of carboxylic acids is 1. The molecule has 1 amide bonds. The summed E-state index contributed by atoms with van der Waals surface area (Å²) in [5.74, 6) is -2.70. The van der Waals surface area contributed by atoms with Crippen LogP contribution in [0.1, 0.15) is 12.0 Å². The van der Waals surface area contributed by atoms with Gasteiger partial charge >= 0.3 is 17.8 Å². The van der Waals surface area contributed by atoms with Gasteiger partial charge in [0, 0.05) is 37.7 Å². The van der Waals surface area contributed by atoms with Crippen LogP contribution in [0.5, 0.6) is 0 Å². The third-order valence-electron chi connectivity index (χ3n) is 7.92. The Morgan fingerprint density at radius 3 is 2.40 bits per heavy atom. The summed E-state index contributed by atoms with van der Waals surface area (Å²) in [7, 11) is 1.53. The van der Waals surface area contributed by atoms with E-state index in [-0.39, 0.29) is 34.6 Å². The van der Waals surface area contributed by atoms with Crippen molar-refractivity contribution in [1.82, 2.24) is 24.0 Å². The average molecular weight is 700 g/mol. The molecule has 12 nitrogen and oxygen atoms in total. The van der Waals surface area contributed by atoms with Crippen molar-refractivity contribution in [1.29, 1.82) is 0 Å². The summed E-state index contributed by atoms with van der Waals surface area (Å²) in [6.07, 6.45) is -4.10. The highest BCUT2D eigenvalue weighted by atomic mass is 35.5. The lowest BCUT2D eigenvalue weighted by atomic mass is 10.1. The first-order valence-corrected chi connectivity index (χ1v) is 14.9. The second kappa shape index (κ2) is 13.4. The molecule has 6 rings (SSSR count). The topological polar surface area (TPSA) is 143 Å². The average Bonchev–Trinajstić information content (AvgIpc) is 3.72. The summed E-state index contributed by atoms with van der Waals surface area (Å²) in [4.78, 5) is 56.0. The van der Waals surface area contributed by atoms with Crippen LogP contribution in [0.25, 0.3) is 11.2 Å². The van der Waals surface area contributed by atoms with Gasteiger partial charge in [-0.3, -0.25) is 18.7 Å². The molecule has 2 fully saturated rings. The van der Waals surface area contributed by atoms with Crippen LogP contribution in [-0.4, -0.2) is 67.5 Å². The van der Waals surface area contributed by atoms with Crippen molar-refractivity contribution >= 4 is 57.9 Å². The Bertz CT molecular complexity index is 1960. The molecule has 2 saturated heterocycles. The molecule has 4 aromatic rings. The fraction of sp³-hybridized carbons (Fsp3) is 0.345. The second-order valence-corrected chi connectivity index (χ2v) is 11.8. The van der Waals surface area contributed by atoms with Gasteiger partial charge < -0.3 is 20.6 Å². The number of alkyl halides is 3. The summed E-state index contributed by atoms with van der Waals surface area (Å²) in [6, 6.07) is 10.8. The molecule has 0 aliphatic carbocycles. The Labute approximate surface area is 273 Å². The number of benzene rings is 2. The second-order valence-electron chi connectivity index (χ2n) is 11.0. The molecule has 2 aliphatic heterocycles. The molecular formula is C29H27Cl2F4N7O5. The van der Waals surface area contributed by atoms with E-state index in [1.54, 1.807) is 22.8 Å². The first-order chi connectivity index (χ1) is 22.1. The van der Waals surface area contributed by atoms with E-state index in [9.17, 15) is 31.9 Å². The number of aliphatic carboxylic acids is 1. The van der Waals surface area contributed by atoms with Crippen LogP contribution >= 0.6 is 23.2 Å². The zero-order valence-electron chi connectivity index (χ0n) is 24.5. The molecule has 0 spiro atoms. The maximum absolute atomic E-state index is 13.9. The van der Waals surface area contributed by atoms with E-state index in [0.29, 0.717) is 22.6 Å². The van der Waals surface area contributed by atoms with Crippen LogP contribution in [0.3, 0.4) is 0 Å². The number of amides is 1. The molecule has 4 heterocycles. The summed E-state index contributed by atoms with van der Waals surface area (Å²) in [6.45, 7) is 2.16. The highest BCUT2D eigenvalue weighted by Crippen LogP contribution is 2.33. The van der Waals surface area contributed by atoms with E-state index in [2.05, 4.69) is 15.5 Å². The molecule has 0 saturated carbocycles. The molecule has 0 bridgehead atoms. The number of aromatic nitrogens is 4. The minimum absolute atomic E-state index is 0.188. The van der Waals surface area contributed by atoms with Crippen molar-refractivity contribution in [3.05, 3.63) is 84.7 Å². The van der Waals surface area contributed by atoms with Crippen LogP contribution < -0.4 is 26.8 Å².